The van der Waals surface area contributed by atoms with Crippen molar-refractivity contribution in [2.75, 3.05) is 37.3 Å². The summed E-state index contributed by atoms with van der Waals surface area (Å²) in [5, 5.41) is 0.101. The summed E-state index contributed by atoms with van der Waals surface area (Å²) in [6, 6.07) is 6.54. The van der Waals surface area contributed by atoms with E-state index in [1.54, 1.807) is 6.07 Å². The van der Waals surface area contributed by atoms with Gasteiger partial charge in [-0.1, -0.05) is 25.4 Å². The van der Waals surface area contributed by atoms with Crippen molar-refractivity contribution in [3.63, 3.8) is 0 Å². The molecule has 2 aromatic rings. The van der Waals surface area contributed by atoms with Crippen molar-refractivity contribution in [2.24, 2.45) is 5.92 Å². The average Bonchev–Trinajstić information content (AvgIpc) is 2.58. The highest BCUT2D eigenvalue weighted by atomic mass is 35.5. The molecule has 2 N–H and O–H groups in total. The zero-order chi connectivity index (χ0) is 19.0. The molecule has 3 rings (SSSR count). The first kappa shape index (κ1) is 18.9. The summed E-state index contributed by atoms with van der Waals surface area (Å²) >= 11 is 5.91. The molecule has 0 bridgehead atoms. The summed E-state index contributed by atoms with van der Waals surface area (Å²) < 4.78 is 28.8. The van der Waals surface area contributed by atoms with Crippen LogP contribution in [0.2, 0.25) is 5.02 Å². The first-order valence-electron chi connectivity index (χ1n) is 8.64. The number of nitrogens with two attached hydrogens (primary N) is 1. The normalized spacial score (nSPS) is 18.6. The lowest BCUT2D eigenvalue weighted by molar-refractivity contribution is 0.173. The highest BCUT2D eigenvalue weighted by Crippen LogP contribution is 2.32. The van der Waals surface area contributed by atoms with E-state index in [0.29, 0.717) is 12.0 Å². The quantitative estimate of drug-likeness (QED) is 0.816. The Morgan fingerprint density at radius 2 is 1.92 bits per heavy atom. The Bertz CT molecular complexity index is 812. The topological polar surface area (TPSA) is 45.4 Å². The van der Waals surface area contributed by atoms with Gasteiger partial charge >= 0.3 is 0 Å². The number of rotatable bonds is 3. The van der Waals surface area contributed by atoms with E-state index < -0.39 is 11.8 Å². The van der Waals surface area contributed by atoms with Crippen LogP contribution in [0.5, 0.6) is 0 Å². The van der Waals surface area contributed by atoms with Crippen molar-refractivity contribution < 1.29 is 8.78 Å². The molecule has 26 heavy (non-hydrogen) atoms. The van der Waals surface area contributed by atoms with E-state index in [4.69, 9.17) is 17.3 Å². The molecule has 0 unspecified atom stereocenters. The number of hydrogen-bond donors (Lipinski definition) is 1. The fraction of sp³-hybridized carbons (Fsp3) is 0.421. The van der Waals surface area contributed by atoms with E-state index in [0.717, 1.165) is 25.3 Å². The van der Waals surface area contributed by atoms with E-state index >= 15 is 0 Å². The van der Waals surface area contributed by atoms with E-state index in [1.165, 1.54) is 12.1 Å². The number of likely N-dealkylation sites (N-methyl/N-ethyl adjacent to an activating group) is 1. The van der Waals surface area contributed by atoms with E-state index in [-0.39, 0.29) is 22.0 Å². The molecule has 1 aromatic carbocycles. The highest BCUT2D eigenvalue weighted by Gasteiger charge is 2.27. The van der Waals surface area contributed by atoms with Gasteiger partial charge in [0.2, 0.25) is 5.95 Å². The van der Waals surface area contributed by atoms with Gasteiger partial charge in [0.15, 0.2) is 0 Å². The summed E-state index contributed by atoms with van der Waals surface area (Å²) in [4.78, 5) is 8.04. The molecular formula is C19H23ClF2N4. The van der Waals surface area contributed by atoms with E-state index in [9.17, 15) is 8.78 Å². The predicted octanol–water partition coefficient (Wildman–Crippen LogP) is 4.04. The lowest BCUT2D eigenvalue weighted by Crippen LogP contribution is -2.53. The van der Waals surface area contributed by atoms with Crippen molar-refractivity contribution >= 4 is 23.1 Å². The van der Waals surface area contributed by atoms with Gasteiger partial charge in [0.1, 0.15) is 11.6 Å². The lowest BCUT2D eigenvalue weighted by atomic mass is 9.99. The zero-order valence-corrected chi connectivity index (χ0v) is 15.9. The number of aromatic nitrogens is 1. The summed E-state index contributed by atoms with van der Waals surface area (Å²) in [6.45, 7) is 6.95. The molecule has 4 nitrogen and oxygen atoms in total. The molecule has 0 saturated carbocycles. The molecule has 1 aromatic heterocycles. The zero-order valence-electron chi connectivity index (χ0n) is 15.1. The third-order valence-corrected chi connectivity index (χ3v) is 5.33. The van der Waals surface area contributed by atoms with Crippen LogP contribution in [0.4, 0.5) is 20.3 Å². The molecule has 1 atom stereocenters. The maximum atomic E-state index is 14.7. The molecule has 1 aliphatic heterocycles. The van der Waals surface area contributed by atoms with Crippen LogP contribution in [0, 0.1) is 17.7 Å². The van der Waals surface area contributed by atoms with Gasteiger partial charge in [-0.2, -0.15) is 4.39 Å². The minimum atomic E-state index is -0.835. The SMILES string of the molecule is CC(C)[C@@H]1CN(c2ccc(-c3cc(Cl)c(N)nc3F)c(F)c2)CCN1C. The second kappa shape index (κ2) is 7.37. The first-order valence-corrected chi connectivity index (χ1v) is 9.02. The van der Waals surface area contributed by atoms with Crippen LogP contribution >= 0.6 is 11.6 Å². The number of pyridine rings is 1. The third kappa shape index (κ3) is 3.62. The average molecular weight is 381 g/mol. The Morgan fingerprint density at radius 3 is 2.58 bits per heavy atom. The molecule has 1 fully saturated rings. The van der Waals surface area contributed by atoms with Crippen LogP contribution in [0.1, 0.15) is 13.8 Å². The summed E-state index contributed by atoms with van der Waals surface area (Å²) in [7, 11) is 2.12. The standard InChI is InChI=1S/C19H23ClF2N4/c1-11(2)17-10-26(7-6-25(17)3)12-4-5-13(16(21)8-12)14-9-15(20)19(23)24-18(14)22/h4-5,8-9,11,17H,6-7,10H2,1-3H3,(H2,23,24)/t17-/m0/s1. The molecule has 140 valence electrons. The molecule has 1 aliphatic rings. The van der Waals surface area contributed by atoms with Crippen molar-refractivity contribution in [3.05, 3.63) is 41.1 Å². The van der Waals surface area contributed by atoms with Crippen LogP contribution in [0.15, 0.2) is 24.3 Å². The van der Waals surface area contributed by atoms with Crippen LogP contribution in [-0.4, -0.2) is 42.6 Å². The molecule has 0 aliphatic carbocycles. The van der Waals surface area contributed by atoms with Gasteiger partial charge in [-0.25, -0.2) is 9.37 Å². The van der Waals surface area contributed by atoms with E-state index in [2.05, 4.69) is 35.7 Å². The van der Waals surface area contributed by atoms with Gasteiger partial charge in [-0.3, -0.25) is 4.90 Å². The molecule has 0 spiro atoms. The Balaban J connectivity index is 1.90. The Morgan fingerprint density at radius 1 is 1.19 bits per heavy atom. The van der Waals surface area contributed by atoms with Crippen molar-refractivity contribution in [1.29, 1.82) is 0 Å². The van der Waals surface area contributed by atoms with Crippen molar-refractivity contribution in [3.8, 4) is 11.1 Å². The Hall–Kier alpha value is -1.92. The third-order valence-electron chi connectivity index (χ3n) is 5.03. The van der Waals surface area contributed by atoms with E-state index in [1.807, 2.05) is 6.07 Å². The predicted molar refractivity (Wildman–Crippen MR) is 102 cm³/mol. The number of nitrogen functional groups attached to an aromatic ring is 1. The lowest BCUT2D eigenvalue weighted by Gasteiger charge is -2.42. The van der Waals surface area contributed by atoms with Crippen molar-refractivity contribution in [2.45, 2.75) is 19.9 Å². The van der Waals surface area contributed by atoms with Crippen LogP contribution in [0.3, 0.4) is 0 Å². The number of piperazine rings is 1. The highest BCUT2D eigenvalue weighted by molar-refractivity contribution is 6.33. The number of anilines is 2. The maximum absolute atomic E-state index is 14.7. The molecule has 0 radical (unpaired) electrons. The minimum Gasteiger partial charge on any atom is -0.382 e. The van der Waals surface area contributed by atoms with Gasteiger partial charge < -0.3 is 10.6 Å². The fourth-order valence-corrected chi connectivity index (χ4v) is 3.59. The van der Waals surface area contributed by atoms with Gasteiger partial charge in [-0.05, 0) is 37.2 Å². The van der Waals surface area contributed by atoms with Crippen LogP contribution < -0.4 is 10.6 Å². The number of halogens is 3. The minimum absolute atomic E-state index is 0.00619. The van der Waals surface area contributed by atoms with Crippen LogP contribution in [0.25, 0.3) is 11.1 Å². The molecule has 7 heteroatoms. The van der Waals surface area contributed by atoms with Gasteiger partial charge in [0, 0.05) is 42.5 Å². The van der Waals surface area contributed by atoms with Crippen LogP contribution in [-0.2, 0) is 0 Å². The largest absolute Gasteiger partial charge is 0.382 e. The Kier molecular flexibility index (Phi) is 5.34. The van der Waals surface area contributed by atoms with Gasteiger partial charge in [0.25, 0.3) is 0 Å². The second-order valence-electron chi connectivity index (χ2n) is 7.10. The number of hydrogen-bond acceptors (Lipinski definition) is 4. The van der Waals surface area contributed by atoms with Gasteiger partial charge in [0.05, 0.1) is 5.02 Å². The number of benzene rings is 1. The Labute approximate surface area is 157 Å². The molecule has 2 heterocycles. The van der Waals surface area contributed by atoms with Crippen molar-refractivity contribution in [1.82, 2.24) is 9.88 Å². The fourth-order valence-electron chi connectivity index (χ4n) is 3.44. The first-order chi connectivity index (χ1) is 12.3. The summed E-state index contributed by atoms with van der Waals surface area (Å²) in [5.74, 6) is -0.951. The smallest absolute Gasteiger partial charge is 0.222 e. The maximum Gasteiger partial charge on any atom is 0.222 e. The molecule has 1 saturated heterocycles. The second-order valence-corrected chi connectivity index (χ2v) is 7.50. The summed E-state index contributed by atoms with van der Waals surface area (Å²) in [5.41, 5.74) is 6.41. The summed E-state index contributed by atoms with van der Waals surface area (Å²) in [6.07, 6.45) is 0. The monoisotopic (exact) mass is 380 g/mol. The molecular weight excluding hydrogens is 358 g/mol. The number of nitrogens with zero attached hydrogens (tertiary/aromatic N) is 3. The van der Waals surface area contributed by atoms with Gasteiger partial charge in [-0.15, -0.1) is 0 Å². The molecule has 0 amide bonds.